The zero-order valence-electron chi connectivity index (χ0n) is 12.0. The maximum atomic E-state index is 4.61. The average molecular weight is 244 g/mol. The van der Waals surface area contributed by atoms with Crippen molar-refractivity contribution in [3.63, 3.8) is 0 Å². The van der Waals surface area contributed by atoms with Gasteiger partial charge in [-0.2, -0.15) is 0 Å². The number of fused-ring (bicyclic) bond motifs is 1. The molecule has 2 aliphatic rings. The van der Waals surface area contributed by atoms with E-state index in [0.29, 0.717) is 22.9 Å². The highest BCUT2D eigenvalue weighted by atomic mass is 15.1. The highest BCUT2D eigenvalue weighted by Crippen LogP contribution is 2.63. The molecule has 2 aliphatic carbocycles. The van der Waals surface area contributed by atoms with Gasteiger partial charge in [0.15, 0.2) is 0 Å². The summed E-state index contributed by atoms with van der Waals surface area (Å²) < 4.78 is 0. The van der Waals surface area contributed by atoms with Gasteiger partial charge in [-0.1, -0.05) is 33.8 Å². The molecule has 98 valence electrons. The van der Waals surface area contributed by atoms with Crippen LogP contribution < -0.4 is 5.32 Å². The number of aromatic nitrogens is 1. The van der Waals surface area contributed by atoms with Crippen molar-refractivity contribution in [3.05, 3.63) is 29.6 Å². The minimum absolute atomic E-state index is 0.402. The maximum Gasteiger partial charge on any atom is 0.0605 e. The Balaban J connectivity index is 1.80. The number of hydrogen-bond acceptors (Lipinski definition) is 2. The fraction of sp³-hybridized carbons (Fsp3) is 0.688. The van der Waals surface area contributed by atoms with E-state index in [9.17, 15) is 0 Å². The third-order valence-corrected chi connectivity index (χ3v) is 5.58. The van der Waals surface area contributed by atoms with E-state index in [1.807, 2.05) is 6.20 Å². The summed E-state index contributed by atoms with van der Waals surface area (Å²) in [5.74, 6) is 0. The van der Waals surface area contributed by atoms with Crippen molar-refractivity contribution in [1.29, 1.82) is 0 Å². The molecule has 1 unspecified atom stereocenters. The number of aryl methyl sites for hydroxylation is 1. The van der Waals surface area contributed by atoms with Crippen LogP contribution in [0.15, 0.2) is 18.3 Å². The van der Waals surface area contributed by atoms with E-state index in [1.165, 1.54) is 30.5 Å². The van der Waals surface area contributed by atoms with Crippen LogP contribution in [0.1, 0.15) is 57.8 Å². The Hall–Kier alpha value is -0.890. The highest BCUT2D eigenvalue weighted by Gasteiger charge is 2.65. The predicted octanol–water partition coefficient (Wildman–Crippen LogP) is 3.48. The van der Waals surface area contributed by atoms with Gasteiger partial charge in [-0.3, -0.25) is 4.98 Å². The summed E-state index contributed by atoms with van der Waals surface area (Å²) in [6.07, 6.45) is 5.64. The zero-order chi connectivity index (χ0) is 13.0. The Morgan fingerprint density at radius 2 is 1.94 bits per heavy atom. The van der Waals surface area contributed by atoms with Gasteiger partial charge in [-0.05, 0) is 41.7 Å². The van der Waals surface area contributed by atoms with E-state index in [2.05, 4.69) is 50.1 Å². The van der Waals surface area contributed by atoms with Crippen molar-refractivity contribution >= 4 is 0 Å². The van der Waals surface area contributed by atoms with Crippen LogP contribution in [-0.4, -0.2) is 11.0 Å². The van der Waals surface area contributed by atoms with Gasteiger partial charge in [0, 0.05) is 12.2 Å². The molecule has 0 spiro atoms. The van der Waals surface area contributed by atoms with Crippen molar-refractivity contribution < 1.29 is 0 Å². The Labute approximate surface area is 110 Å². The lowest BCUT2D eigenvalue weighted by molar-refractivity contribution is 0.412. The monoisotopic (exact) mass is 244 g/mol. The molecule has 1 N–H and O–H groups in total. The SMILES string of the molecule is CC1(C)C(NC2CCCc3cccnc32)C1(C)C. The van der Waals surface area contributed by atoms with Gasteiger partial charge in [0.2, 0.25) is 0 Å². The normalized spacial score (nSPS) is 28.8. The standard InChI is InChI=1S/C16H24N2/c1-15(2)14(16(15,3)4)18-12-9-5-7-11-8-6-10-17-13(11)12/h6,8,10,12,14,18H,5,7,9H2,1-4H3. The topological polar surface area (TPSA) is 24.9 Å². The van der Waals surface area contributed by atoms with Crippen LogP contribution in [-0.2, 0) is 6.42 Å². The fourth-order valence-corrected chi connectivity index (χ4v) is 3.59. The summed E-state index contributed by atoms with van der Waals surface area (Å²) in [4.78, 5) is 4.61. The second-order valence-electron chi connectivity index (χ2n) is 7.04. The van der Waals surface area contributed by atoms with Crippen LogP contribution in [0.3, 0.4) is 0 Å². The maximum absolute atomic E-state index is 4.61. The zero-order valence-corrected chi connectivity index (χ0v) is 12.0. The first-order valence-corrected chi connectivity index (χ1v) is 7.14. The van der Waals surface area contributed by atoms with Crippen molar-refractivity contribution in [2.24, 2.45) is 10.8 Å². The second kappa shape index (κ2) is 3.80. The molecule has 1 fully saturated rings. The molecule has 1 aromatic heterocycles. The van der Waals surface area contributed by atoms with Crippen molar-refractivity contribution in [3.8, 4) is 0 Å². The van der Waals surface area contributed by atoms with Gasteiger partial charge in [-0.25, -0.2) is 0 Å². The summed E-state index contributed by atoms with van der Waals surface area (Å²) in [6, 6.07) is 5.37. The van der Waals surface area contributed by atoms with Gasteiger partial charge in [0.1, 0.15) is 0 Å². The highest BCUT2D eigenvalue weighted by molar-refractivity contribution is 5.27. The summed E-state index contributed by atoms with van der Waals surface area (Å²) in [5.41, 5.74) is 3.54. The molecule has 0 saturated heterocycles. The lowest BCUT2D eigenvalue weighted by Gasteiger charge is -2.26. The molecule has 1 saturated carbocycles. The van der Waals surface area contributed by atoms with Crippen LogP contribution in [0.5, 0.6) is 0 Å². The van der Waals surface area contributed by atoms with Crippen LogP contribution in [0.4, 0.5) is 0 Å². The largest absolute Gasteiger partial charge is 0.305 e. The molecule has 1 aromatic rings. The van der Waals surface area contributed by atoms with Crippen molar-refractivity contribution in [1.82, 2.24) is 10.3 Å². The van der Waals surface area contributed by atoms with E-state index in [4.69, 9.17) is 0 Å². The molecule has 0 amide bonds. The van der Waals surface area contributed by atoms with Crippen LogP contribution in [0.25, 0.3) is 0 Å². The number of nitrogens with one attached hydrogen (secondary N) is 1. The van der Waals surface area contributed by atoms with Gasteiger partial charge in [0.05, 0.1) is 11.7 Å². The quantitative estimate of drug-likeness (QED) is 0.861. The fourth-order valence-electron chi connectivity index (χ4n) is 3.59. The third kappa shape index (κ3) is 1.62. The number of pyridine rings is 1. The lowest BCUT2D eigenvalue weighted by Crippen LogP contribution is -2.31. The molecule has 18 heavy (non-hydrogen) atoms. The summed E-state index contributed by atoms with van der Waals surface area (Å²) in [7, 11) is 0. The minimum Gasteiger partial charge on any atom is -0.305 e. The number of rotatable bonds is 2. The van der Waals surface area contributed by atoms with E-state index < -0.39 is 0 Å². The number of hydrogen-bond donors (Lipinski definition) is 1. The molecule has 2 nitrogen and oxygen atoms in total. The first kappa shape index (κ1) is 12.2. The molecule has 1 heterocycles. The molecule has 0 radical (unpaired) electrons. The van der Waals surface area contributed by atoms with Crippen LogP contribution in [0, 0.1) is 10.8 Å². The molecule has 0 aromatic carbocycles. The first-order chi connectivity index (χ1) is 8.44. The van der Waals surface area contributed by atoms with E-state index >= 15 is 0 Å². The summed E-state index contributed by atoms with van der Waals surface area (Å²) in [6.45, 7) is 9.47. The van der Waals surface area contributed by atoms with Crippen molar-refractivity contribution in [2.75, 3.05) is 0 Å². The van der Waals surface area contributed by atoms with E-state index in [0.717, 1.165) is 0 Å². The Bertz CT molecular complexity index is 448. The summed E-state index contributed by atoms with van der Waals surface area (Å²) in [5, 5.41) is 3.87. The van der Waals surface area contributed by atoms with Crippen molar-refractivity contribution in [2.45, 2.75) is 59.0 Å². The first-order valence-electron chi connectivity index (χ1n) is 7.14. The van der Waals surface area contributed by atoms with Crippen LogP contribution in [0.2, 0.25) is 0 Å². The Morgan fingerprint density at radius 1 is 1.22 bits per heavy atom. The van der Waals surface area contributed by atoms with E-state index in [-0.39, 0.29) is 0 Å². The van der Waals surface area contributed by atoms with Gasteiger partial charge in [0.25, 0.3) is 0 Å². The second-order valence-corrected chi connectivity index (χ2v) is 7.04. The number of nitrogens with zero attached hydrogens (tertiary/aromatic N) is 1. The summed E-state index contributed by atoms with van der Waals surface area (Å²) >= 11 is 0. The van der Waals surface area contributed by atoms with Crippen LogP contribution >= 0.6 is 0 Å². The van der Waals surface area contributed by atoms with Gasteiger partial charge < -0.3 is 5.32 Å². The Kier molecular flexibility index (Phi) is 2.57. The minimum atomic E-state index is 0.402. The van der Waals surface area contributed by atoms with Gasteiger partial charge in [-0.15, -0.1) is 0 Å². The third-order valence-electron chi connectivity index (χ3n) is 5.58. The Morgan fingerprint density at radius 3 is 2.61 bits per heavy atom. The molecule has 2 heteroatoms. The molecular weight excluding hydrogens is 220 g/mol. The van der Waals surface area contributed by atoms with Gasteiger partial charge >= 0.3 is 0 Å². The molecule has 3 rings (SSSR count). The molecule has 0 bridgehead atoms. The van der Waals surface area contributed by atoms with E-state index in [1.54, 1.807) is 0 Å². The average Bonchev–Trinajstić information content (AvgIpc) is 2.72. The predicted molar refractivity (Wildman–Crippen MR) is 74.4 cm³/mol. The molecule has 0 aliphatic heterocycles. The lowest BCUT2D eigenvalue weighted by atomic mass is 9.91. The smallest absolute Gasteiger partial charge is 0.0605 e. The molecular formula is C16H24N2. The molecule has 1 atom stereocenters.